The van der Waals surface area contributed by atoms with Gasteiger partial charge in [-0.3, -0.25) is 14.9 Å². The van der Waals surface area contributed by atoms with Crippen molar-refractivity contribution in [2.24, 2.45) is 0 Å². The van der Waals surface area contributed by atoms with Crippen molar-refractivity contribution >= 4 is 34.5 Å². The first kappa shape index (κ1) is 12.8. The van der Waals surface area contributed by atoms with E-state index in [1.807, 2.05) is 0 Å². The van der Waals surface area contributed by atoms with Crippen LogP contribution in [0.4, 0.5) is 0 Å². The minimum absolute atomic E-state index is 0.0254. The SMILES string of the molecule is O=C(O)c1cc2c3c(cccc3c1C(=O)O)C(=O)NC2=O. The predicted octanol–water partition coefficient (Wildman–Crippen LogP) is 1.12. The zero-order valence-electron chi connectivity index (χ0n) is 10.3. The lowest BCUT2D eigenvalue weighted by atomic mass is 9.89. The molecule has 0 unspecified atom stereocenters. The summed E-state index contributed by atoms with van der Waals surface area (Å²) in [6.07, 6.45) is 0. The van der Waals surface area contributed by atoms with E-state index >= 15 is 0 Å². The number of carboxylic acid groups (broad SMARTS) is 2. The van der Waals surface area contributed by atoms with E-state index < -0.39 is 34.9 Å². The molecule has 0 aromatic heterocycles. The van der Waals surface area contributed by atoms with E-state index in [2.05, 4.69) is 5.32 Å². The van der Waals surface area contributed by atoms with E-state index in [-0.39, 0.29) is 21.9 Å². The van der Waals surface area contributed by atoms with Gasteiger partial charge in [0, 0.05) is 16.5 Å². The van der Waals surface area contributed by atoms with E-state index in [1.54, 1.807) is 0 Å². The van der Waals surface area contributed by atoms with E-state index in [4.69, 9.17) is 5.11 Å². The van der Waals surface area contributed by atoms with Crippen molar-refractivity contribution in [1.29, 1.82) is 0 Å². The third-order valence-corrected chi connectivity index (χ3v) is 3.32. The molecule has 21 heavy (non-hydrogen) atoms. The monoisotopic (exact) mass is 285 g/mol. The molecular formula is C14H7NO6. The molecule has 0 fully saturated rings. The predicted molar refractivity (Wildman–Crippen MR) is 69.7 cm³/mol. The summed E-state index contributed by atoms with van der Waals surface area (Å²) in [7, 11) is 0. The summed E-state index contributed by atoms with van der Waals surface area (Å²) < 4.78 is 0. The van der Waals surface area contributed by atoms with Crippen molar-refractivity contribution in [1.82, 2.24) is 5.32 Å². The van der Waals surface area contributed by atoms with Crippen LogP contribution in [0.15, 0.2) is 24.3 Å². The third-order valence-electron chi connectivity index (χ3n) is 3.32. The number of imide groups is 1. The Morgan fingerprint density at radius 2 is 1.62 bits per heavy atom. The van der Waals surface area contributed by atoms with Crippen LogP contribution in [0.3, 0.4) is 0 Å². The standard InChI is InChI=1S/C14H7NO6/c16-11-6-3-1-2-5-9(6)7(12(17)15-11)4-8(13(18)19)10(5)14(20)21/h1-4H,(H,18,19)(H,20,21)(H,15,16,17). The van der Waals surface area contributed by atoms with Crippen molar-refractivity contribution in [3.63, 3.8) is 0 Å². The Balaban J connectivity index is 2.59. The molecule has 2 aromatic carbocycles. The summed E-state index contributed by atoms with van der Waals surface area (Å²) in [5, 5.41) is 20.7. The Labute approximate surface area is 116 Å². The van der Waals surface area contributed by atoms with Gasteiger partial charge < -0.3 is 10.2 Å². The number of carbonyl (C=O) groups is 4. The van der Waals surface area contributed by atoms with E-state index in [1.165, 1.54) is 18.2 Å². The number of benzene rings is 2. The van der Waals surface area contributed by atoms with Gasteiger partial charge in [-0.2, -0.15) is 0 Å². The molecule has 0 saturated carbocycles. The molecule has 7 nitrogen and oxygen atoms in total. The van der Waals surface area contributed by atoms with Gasteiger partial charge in [0.1, 0.15) is 0 Å². The van der Waals surface area contributed by atoms with E-state index in [9.17, 15) is 24.3 Å². The average molecular weight is 285 g/mol. The van der Waals surface area contributed by atoms with E-state index in [0.717, 1.165) is 6.07 Å². The number of nitrogens with one attached hydrogen (secondary N) is 1. The molecule has 0 spiro atoms. The van der Waals surface area contributed by atoms with Crippen LogP contribution in [-0.4, -0.2) is 34.0 Å². The topological polar surface area (TPSA) is 121 Å². The molecule has 104 valence electrons. The van der Waals surface area contributed by atoms with Crippen LogP contribution in [0.5, 0.6) is 0 Å². The molecule has 1 aliphatic heterocycles. The first-order valence-electron chi connectivity index (χ1n) is 5.84. The summed E-state index contributed by atoms with van der Waals surface area (Å²) in [5.74, 6) is -4.28. The van der Waals surface area contributed by atoms with Crippen LogP contribution in [0.2, 0.25) is 0 Å². The van der Waals surface area contributed by atoms with Crippen molar-refractivity contribution in [2.45, 2.75) is 0 Å². The largest absolute Gasteiger partial charge is 0.478 e. The number of rotatable bonds is 2. The molecule has 1 aliphatic rings. The zero-order valence-corrected chi connectivity index (χ0v) is 10.3. The van der Waals surface area contributed by atoms with Gasteiger partial charge in [0.05, 0.1) is 11.1 Å². The zero-order chi connectivity index (χ0) is 15.3. The molecule has 0 saturated heterocycles. The Bertz CT molecular complexity index is 867. The lowest BCUT2D eigenvalue weighted by Gasteiger charge is -2.18. The Kier molecular flexibility index (Phi) is 2.52. The summed E-state index contributed by atoms with van der Waals surface area (Å²) >= 11 is 0. The molecule has 0 radical (unpaired) electrons. The summed E-state index contributed by atoms with van der Waals surface area (Å²) in [4.78, 5) is 46.3. The highest BCUT2D eigenvalue weighted by molar-refractivity contribution is 6.28. The van der Waals surface area contributed by atoms with Gasteiger partial charge >= 0.3 is 11.9 Å². The summed E-state index contributed by atoms with van der Waals surface area (Å²) in [6, 6.07) is 5.25. The number of amides is 2. The van der Waals surface area contributed by atoms with Crippen LogP contribution in [0.1, 0.15) is 41.4 Å². The number of carboxylic acids is 2. The fourth-order valence-electron chi connectivity index (χ4n) is 2.49. The maximum absolute atomic E-state index is 11.9. The maximum atomic E-state index is 11.9. The van der Waals surface area contributed by atoms with Gasteiger partial charge in [-0.25, -0.2) is 9.59 Å². The summed E-state index contributed by atoms with van der Waals surface area (Å²) in [5.41, 5.74) is -0.818. The maximum Gasteiger partial charge on any atom is 0.337 e. The highest BCUT2D eigenvalue weighted by Crippen LogP contribution is 2.31. The first-order valence-corrected chi connectivity index (χ1v) is 5.84. The molecule has 7 heteroatoms. The number of hydrogen-bond donors (Lipinski definition) is 3. The molecule has 0 aliphatic carbocycles. The lowest BCUT2D eigenvalue weighted by molar-refractivity contribution is 0.0653. The van der Waals surface area contributed by atoms with Crippen LogP contribution in [0, 0.1) is 0 Å². The second kappa shape index (κ2) is 4.14. The molecule has 0 atom stereocenters. The van der Waals surface area contributed by atoms with Crippen molar-refractivity contribution < 1.29 is 29.4 Å². The van der Waals surface area contributed by atoms with Gasteiger partial charge in [0.25, 0.3) is 11.8 Å². The number of aromatic carboxylic acids is 2. The molecule has 3 N–H and O–H groups in total. The highest BCUT2D eigenvalue weighted by Gasteiger charge is 2.30. The van der Waals surface area contributed by atoms with Crippen LogP contribution < -0.4 is 5.32 Å². The fraction of sp³-hybridized carbons (Fsp3) is 0. The molecule has 2 aromatic rings. The highest BCUT2D eigenvalue weighted by atomic mass is 16.4. The Hall–Kier alpha value is -3.22. The Morgan fingerprint density at radius 1 is 0.952 bits per heavy atom. The second-order valence-corrected chi connectivity index (χ2v) is 4.47. The molecule has 0 bridgehead atoms. The minimum atomic E-state index is -1.46. The van der Waals surface area contributed by atoms with E-state index in [0.29, 0.717) is 0 Å². The fourth-order valence-corrected chi connectivity index (χ4v) is 2.49. The Morgan fingerprint density at radius 3 is 2.24 bits per heavy atom. The van der Waals surface area contributed by atoms with Crippen LogP contribution in [-0.2, 0) is 0 Å². The average Bonchev–Trinajstić information content (AvgIpc) is 2.42. The van der Waals surface area contributed by atoms with Crippen molar-refractivity contribution in [3.05, 3.63) is 46.5 Å². The van der Waals surface area contributed by atoms with Gasteiger partial charge in [0.2, 0.25) is 0 Å². The molecule has 1 heterocycles. The van der Waals surface area contributed by atoms with Gasteiger partial charge in [-0.15, -0.1) is 0 Å². The number of carbonyl (C=O) groups excluding carboxylic acids is 2. The first-order chi connectivity index (χ1) is 9.91. The van der Waals surface area contributed by atoms with Gasteiger partial charge in [-0.05, 0) is 17.5 Å². The number of hydrogen-bond acceptors (Lipinski definition) is 4. The van der Waals surface area contributed by atoms with Crippen LogP contribution in [0.25, 0.3) is 10.8 Å². The van der Waals surface area contributed by atoms with Gasteiger partial charge in [-0.1, -0.05) is 12.1 Å². The van der Waals surface area contributed by atoms with Crippen molar-refractivity contribution in [2.75, 3.05) is 0 Å². The molecule has 2 amide bonds. The van der Waals surface area contributed by atoms with Crippen LogP contribution >= 0.6 is 0 Å². The quantitative estimate of drug-likeness (QED) is 0.711. The van der Waals surface area contributed by atoms with Crippen molar-refractivity contribution in [3.8, 4) is 0 Å². The molecule has 3 rings (SSSR count). The second-order valence-electron chi connectivity index (χ2n) is 4.47. The third kappa shape index (κ3) is 1.68. The summed E-state index contributed by atoms with van der Waals surface area (Å²) in [6.45, 7) is 0. The van der Waals surface area contributed by atoms with Gasteiger partial charge in [0.15, 0.2) is 0 Å². The normalized spacial score (nSPS) is 13.1. The minimum Gasteiger partial charge on any atom is -0.478 e. The molecular weight excluding hydrogens is 278 g/mol. The smallest absolute Gasteiger partial charge is 0.337 e. The lowest BCUT2D eigenvalue weighted by Crippen LogP contribution is -2.35.